The average molecular weight is 449 g/mol. The van der Waals surface area contributed by atoms with Crippen molar-refractivity contribution in [1.82, 2.24) is 14.8 Å². The van der Waals surface area contributed by atoms with Crippen molar-refractivity contribution in [1.29, 1.82) is 0 Å². The number of nitrogens with zero attached hydrogens (tertiary/aromatic N) is 3. The summed E-state index contributed by atoms with van der Waals surface area (Å²) in [4.78, 5) is 12.7. The van der Waals surface area contributed by atoms with Crippen LogP contribution < -0.4 is 5.32 Å². The van der Waals surface area contributed by atoms with Crippen LogP contribution in [-0.2, 0) is 11.3 Å². The van der Waals surface area contributed by atoms with E-state index < -0.39 is 0 Å². The summed E-state index contributed by atoms with van der Waals surface area (Å²) in [6, 6.07) is 25.3. The molecule has 1 heterocycles. The highest BCUT2D eigenvalue weighted by molar-refractivity contribution is 7.99. The molecule has 3 aromatic carbocycles. The highest BCUT2D eigenvalue weighted by Crippen LogP contribution is 2.28. The monoisotopic (exact) mass is 448 g/mol. The SMILES string of the molecule is CCn1c(SCC(=O)Nc2ccccc2-c2ccccc2)nnc1-c1ccc(Cl)cc1. The van der Waals surface area contributed by atoms with Crippen LogP contribution in [0.4, 0.5) is 5.69 Å². The topological polar surface area (TPSA) is 59.8 Å². The first-order chi connectivity index (χ1) is 15.2. The third-order valence-corrected chi connectivity index (χ3v) is 5.97. The first-order valence-electron chi connectivity index (χ1n) is 9.92. The van der Waals surface area contributed by atoms with Crippen LogP contribution in [0.2, 0.25) is 5.02 Å². The summed E-state index contributed by atoms with van der Waals surface area (Å²) in [6.45, 7) is 2.73. The van der Waals surface area contributed by atoms with Crippen molar-refractivity contribution in [3.63, 3.8) is 0 Å². The minimum absolute atomic E-state index is 0.0907. The highest BCUT2D eigenvalue weighted by Gasteiger charge is 2.15. The Bertz CT molecular complexity index is 1180. The summed E-state index contributed by atoms with van der Waals surface area (Å²) < 4.78 is 2.00. The van der Waals surface area contributed by atoms with E-state index in [-0.39, 0.29) is 11.7 Å². The smallest absolute Gasteiger partial charge is 0.234 e. The van der Waals surface area contributed by atoms with Gasteiger partial charge >= 0.3 is 0 Å². The van der Waals surface area contributed by atoms with Crippen LogP contribution >= 0.6 is 23.4 Å². The van der Waals surface area contributed by atoms with Crippen LogP contribution in [0.3, 0.4) is 0 Å². The number of benzene rings is 3. The number of para-hydroxylation sites is 1. The van der Waals surface area contributed by atoms with E-state index in [0.717, 1.165) is 28.2 Å². The van der Waals surface area contributed by atoms with E-state index in [0.29, 0.717) is 16.7 Å². The lowest BCUT2D eigenvalue weighted by atomic mass is 10.0. The number of carbonyl (C=O) groups is 1. The van der Waals surface area contributed by atoms with E-state index in [1.165, 1.54) is 11.8 Å². The fourth-order valence-corrected chi connectivity index (χ4v) is 4.20. The van der Waals surface area contributed by atoms with Gasteiger partial charge in [-0.1, -0.05) is 71.9 Å². The molecule has 4 aromatic rings. The maximum Gasteiger partial charge on any atom is 0.234 e. The van der Waals surface area contributed by atoms with E-state index in [1.807, 2.05) is 90.4 Å². The number of carbonyl (C=O) groups excluding carboxylic acids is 1. The largest absolute Gasteiger partial charge is 0.325 e. The number of anilines is 1. The molecule has 0 unspecified atom stereocenters. The number of halogens is 1. The summed E-state index contributed by atoms with van der Waals surface area (Å²) in [7, 11) is 0. The summed E-state index contributed by atoms with van der Waals surface area (Å²) >= 11 is 7.36. The molecule has 31 heavy (non-hydrogen) atoms. The van der Waals surface area contributed by atoms with Crippen molar-refractivity contribution in [2.75, 3.05) is 11.1 Å². The van der Waals surface area contributed by atoms with Crippen LogP contribution in [0.25, 0.3) is 22.5 Å². The Hall–Kier alpha value is -3.09. The summed E-state index contributed by atoms with van der Waals surface area (Å²) in [5, 5.41) is 13.0. The minimum atomic E-state index is -0.0907. The van der Waals surface area contributed by atoms with Gasteiger partial charge in [-0.2, -0.15) is 0 Å². The summed E-state index contributed by atoms with van der Waals surface area (Å²) in [6.07, 6.45) is 0. The predicted molar refractivity (Wildman–Crippen MR) is 127 cm³/mol. The third kappa shape index (κ3) is 4.98. The lowest BCUT2D eigenvalue weighted by Gasteiger charge is -2.11. The van der Waals surface area contributed by atoms with Gasteiger partial charge in [0.25, 0.3) is 0 Å². The van der Waals surface area contributed by atoms with Gasteiger partial charge < -0.3 is 9.88 Å². The fraction of sp³-hybridized carbons (Fsp3) is 0.125. The van der Waals surface area contributed by atoms with Gasteiger partial charge in [0.15, 0.2) is 11.0 Å². The molecular formula is C24H21ClN4OS. The Labute approximate surface area is 190 Å². The Kier molecular flexibility index (Phi) is 6.70. The Morgan fingerprint density at radius 3 is 2.39 bits per heavy atom. The molecule has 0 aliphatic carbocycles. The van der Waals surface area contributed by atoms with Gasteiger partial charge in [0, 0.05) is 28.4 Å². The van der Waals surface area contributed by atoms with Crippen molar-refractivity contribution in [3.05, 3.63) is 83.9 Å². The van der Waals surface area contributed by atoms with Crippen LogP contribution in [0.15, 0.2) is 84.0 Å². The second-order valence-electron chi connectivity index (χ2n) is 6.81. The van der Waals surface area contributed by atoms with Gasteiger partial charge in [0.05, 0.1) is 5.75 Å². The van der Waals surface area contributed by atoms with Crippen LogP contribution in [-0.4, -0.2) is 26.4 Å². The molecule has 0 saturated carbocycles. The van der Waals surface area contributed by atoms with Gasteiger partial charge in [-0.15, -0.1) is 10.2 Å². The zero-order chi connectivity index (χ0) is 21.6. The van der Waals surface area contributed by atoms with Gasteiger partial charge in [0.2, 0.25) is 5.91 Å². The number of amides is 1. The van der Waals surface area contributed by atoms with Gasteiger partial charge in [-0.25, -0.2) is 0 Å². The second-order valence-corrected chi connectivity index (χ2v) is 8.18. The van der Waals surface area contributed by atoms with Crippen molar-refractivity contribution < 1.29 is 4.79 Å². The lowest BCUT2D eigenvalue weighted by Crippen LogP contribution is -2.15. The quantitative estimate of drug-likeness (QED) is 0.351. The maximum atomic E-state index is 12.7. The van der Waals surface area contributed by atoms with Crippen molar-refractivity contribution in [3.8, 4) is 22.5 Å². The summed E-state index contributed by atoms with van der Waals surface area (Å²) in [5.74, 6) is 0.908. The van der Waals surface area contributed by atoms with E-state index in [1.54, 1.807) is 0 Å². The number of nitrogens with one attached hydrogen (secondary N) is 1. The van der Waals surface area contributed by atoms with Crippen molar-refractivity contribution in [2.24, 2.45) is 0 Å². The van der Waals surface area contributed by atoms with Gasteiger partial charge in [0.1, 0.15) is 0 Å². The molecule has 0 aliphatic heterocycles. The Morgan fingerprint density at radius 2 is 1.65 bits per heavy atom. The van der Waals surface area contributed by atoms with E-state index in [4.69, 9.17) is 11.6 Å². The van der Waals surface area contributed by atoms with Crippen LogP contribution in [0, 0.1) is 0 Å². The van der Waals surface area contributed by atoms with Crippen LogP contribution in [0.5, 0.6) is 0 Å². The van der Waals surface area contributed by atoms with Crippen molar-refractivity contribution in [2.45, 2.75) is 18.6 Å². The zero-order valence-corrected chi connectivity index (χ0v) is 18.5. The summed E-state index contributed by atoms with van der Waals surface area (Å²) in [5.41, 5.74) is 3.78. The molecule has 1 amide bonds. The number of hydrogen-bond donors (Lipinski definition) is 1. The molecule has 0 bridgehead atoms. The molecule has 156 valence electrons. The predicted octanol–water partition coefficient (Wildman–Crippen LogP) is 6.02. The molecule has 7 heteroatoms. The fourth-order valence-electron chi connectivity index (χ4n) is 3.27. The Morgan fingerprint density at radius 1 is 0.935 bits per heavy atom. The number of thioether (sulfide) groups is 1. The van der Waals surface area contributed by atoms with E-state index >= 15 is 0 Å². The molecule has 1 aromatic heterocycles. The van der Waals surface area contributed by atoms with Gasteiger partial charge in [-0.3, -0.25) is 4.79 Å². The molecule has 5 nitrogen and oxygen atoms in total. The Balaban J connectivity index is 1.46. The minimum Gasteiger partial charge on any atom is -0.325 e. The lowest BCUT2D eigenvalue weighted by molar-refractivity contribution is -0.113. The normalized spacial score (nSPS) is 10.8. The van der Waals surface area contributed by atoms with Crippen molar-refractivity contribution >= 4 is 35.0 Å². The second kappa shape index (κ2) is 9.81. The average Bonchev–Trinajstić information content (AvgIpc) is 3.22. The molecule has 0 spiro atoms. The molecule has 0 fully saturated rings. The molecule has 0 aliphatic rings. The third-order valence-electron chi connectivity index (χ3n) is 4.75. The first kappa shape index (κ1) is 21.2. The maximum absolute atomic E-state index is 12.7. The molecule has 0 radical (unpaired) electrons. The number of aromatic nitrogens is 3. The van der Waals surface area contributed by atoms with Gasteiger partial charge in [-0.05, 0) is 42.8 Å². The molecule has 0 atom stereocenters. The zero-order valence-electron chi connectivity index (χ0n) is 17.0. The van der Waals surface area contributed by atoms with E-state index in [2.05, 4.69) is 15.5 Å². The molecule has 0 saturated heterocycles. The van der Waals surface area contributed by atoms with Crippen LogP contribution in [0.1, 0.15) is 6.92 Å². The molecule has 1 N–H and O–H groups in total. The number of rotatable bonds is 7. The highest BCUT2D eigenvalue weighted by atomic mass is 35.5. The van der Waals surface area contributed by atoms with E-state index in [9.17, 15) is 4.79 Å². The first-order valence-corrected chi connectivity index (χ1v) is 11.3. The molecular weight excluding hydrogens is 428 g/mol. The number of hydrogen-bond acceptors (Lipinski definition) is 4. The molecule has 4 rings (SSSR count). The standard InChI is InChI=1S/C24H21ClN4OS/c1-2-29-23(18-12-14-19(25)15-13-18)27-28-24(29)31-16-22(30)26-21-11-7-6-10-20(21)17-8-4-3-5-9-17/h3-15H,2,16H2,1H3,(H,26,30).